The second kappa shape index (κ2) is 20.2. The lowest BCUT2D eigenvalue weighted by Crippen LogP contribution is -2.17. The van der Waals surface area contributed by atoms with E-state index >= 15 is 0 Å². The highest BCUT2D eigenvalue weighted by Crippen LogP contribution is 2.15. The summed E-state index contributed by atoms with van der Waals surface area (Å²) in [5.74, 6) is 0. The van der Waals surface area contributed by atoms with Crippen molar-refractivity contribution < 1.29 is 10.2 Å². The highest BCUT2D eigenvalue weighted by molar-refractivity contribution is 4.64. The molecule has 0 unspecified atom stereocenters. The SMILES string of the molecule is CCCCCCCCCCCCCCC[C@@H](O)C[C@@H](O)CCCCC. The lowest BCUT2D eigenvalue weighted by atomic mass is 10.00. The van der Waals surface area contributed by atoms with Crippen LogP contribution in [0.4, 0.5) is 0 Å². The van der Waals surface area contributed by atoms with E-state index in [1.54, 1.807) is 0 Å². The molecule has 0 aromatic carbocycles. The Hall–Kier alpha value is -0.0800. The van der Waals surface area contributed by atoms with Gasteiger partial charge in [0.25, 0.3) is 0 Å². The molecule has 0 saturated heterocycles. The van der Waals surface area contributed by atoms with Crippen molar-refractivity contribution in [2.75, 3.05) is 0 Å². The van der Waals surface area contributed by atoms with Gasteiger partial charge in [0.1, 0.15) is 0 Å². The van der Waals surface area contributed by atoms with Crippen molar-refractivity contribution in [1.29, 1.82) is 0 Å². The fraction of sp³-hybridized carbons (Fsp3) is 1.00. The predicted octanol–water partition coefficient (Wildman–Crippen LogP) is 7.16. The number of aliphatic hydroxyl groups excluding tert-OH is 2. The van der Waals surface area contributed by atoms with Gasteiger partial charge in [-0.2, -0.15) is 0 Å². The van der Waals surface area contributed by atoms with Gasteiger partial charge in [0, 0.05) is 0 Å². The highest BCUT2D eigenvalue weighted by Gasteiger charge is 2.11. The first-order valence-electron chi connectivity index (χ1n) is 11.6. The molecular weight excluding hydrogens is 308 g/mol. The van der Waals surface area contributed by atoms with E-state index in [2.05, 4.69) is 13.8 Å². The van der Waals surface area contributed by atoms with Gasteiger partial charge in [0.2, 0.25) is 0 Å². The number of hydrogen-bond donors (Lipinski definition) is 2. The fourth-order valence-electron chi connectivity index (χ4n) is 3.58. The summed E-state index contributed by atoms with van der Waals surface area (Å²) in [6.45, 7) is 4.45. The molecule has 0 aromatic heterocycles. The van der Waals surface area contributed by atoms with Crippen LogP contribution >= 0.6 is 0 Å². The van der Waals surface area contributed by atoms with Crippen LogP contribution in [0.2, 0.25) is 0 Å². The zero-order chi connectivity index (χ0) is 18.6. The van der Waals surface area contributed by atoms with Crippen LogP contribution in [0.25, 0.3) is 0 Å². The Balaban J connectivity index is 3.21. The van der Waals surface area contributed by atoms with Gasteiger partial charge in [-0.3, -0.25) is 0 Å². The maximum Gasteiger partial charge on any atom is 0.0564 e. The smallest absolute Gasteiger partial charge is 0.0564 e. The molecule has 0 aliphatic rings. The Morgan fingerprint density at radius 3 is 1.12 bits per heavy atom. The Morgan fingerprint density at radius 1 is 0.440 bits per heavy atom. The molecule has 0 bridgehead atoms. The van der Waals surface area contributed by atoms with Crippen LogP contribution in [-0.2, 0) is 0 Å². The molecular formula is C23H48O2. The van der Waals surface area contributed by atoms with Gasteiger partial charge in [-0.15, -0.1) is 0 Å². The third-order valence-electron chi connectivity index (χ3n) is 5.33. The molecule has 0 fully saturated rings. The van der Waals surface area contributed by atoms with Crippen molar-refractivity contribution in [3.63, 3.8) is 0 Å². The van der Waals surface area contributed by atoms with E-state index < -0.39 is 0 Å². The lowest BCUT2D eigenvalue weighted by molar-refractivity contribution is 0.0681. The molecule has 0 radical (unpaired) electrons. The molecule has 2 atom stereocenters. The van der Waals surface area contributed by atoms with Crippen molar-refractivity contribution in [2.24, 2.45) is 0 Å². The molecule has 0 saturated carbocycles. The monoisotopic (exact) mass is 356 g/mol. The van der Waals surface area contributed by atoms with Crippen LogP contribution in [0, 0.1) is 0 Å². The maximum atomic E-state index is 9.99. The van der Waals surface area contributed by atoms with E-state index in [0.29, 0.717) is 6.42 Å². The van der Waals surface area contributed by atoms with Gasteiger partial charge in [-0.1, -0.05) is 117 Å². The minimum absolute atomic E-state index is 0.302. The minimum atomic E-state index is -0.302. The predicted molar refractivity (Wildman–Crippen MR) is 111 cm³/mol. The van der Waals surface area contributed by atoms with E-state index in [0.717, 1.165) is 25.7 Å². The van der Waals surface area contributed by atoms with Crippen molar-refractivity contribution in [3.05, 3.63) is 0 Å². The van der Waals surface area contributed by atoms with Crippen LogP contribution in [0.5, 0.6) is 0 Å². The Labute approximate surface area is 158 Å². The van der Waals surface area contributed by atoms with Gasteiger partial charge in [0.05, 0.1) is 12.2 Å². The quantitative estimate of drug-likeness (QED) is 0.227. The molecule has 2 N–H and O–H groups in total. The van der Waals surface area contributed by atoms with Gasteiger partial charge < -0.3 is 10.2 Å². The van der Waals surface area contributed by atoms with Crippen molar-refractivity contribution >= 4 is 0 Å². The third-order valence-corrected chi connectivity index (χ3v) is 5.33. The van der Waals surface area contributed by atoms with Crippen LogP contribution in [0.15, 0.2) is 0 Å². The van der Waals surface area contributed by atoms with Crippen LogP contribution in [0.1, 0.15) is 136 Å². The molecule has 0 aliphatic carbocycles. The summed E-state index contributed by atoms with van der Waals surface area (Å²) in [5.41, 5.74) is 0. The zero-order valence-electron chi connectivity index (χ0n) is 17.5. The summed E-state index contributed by atoms with van der Waals surface area (Å²) in [4.78, 5) is 0. The van der Waals surface area contributed by atoms with Crippen LogP contribution < -0.4 is 0 Å². The van der Waals surface area contributed by atoms with Gasteiger partial charge in [0.15, 0.2) is 0 Å². The molecule has 0 aromatic rings. The Kier molecular flexibility index (Phi) is 20.2. The average Bonchev–Trinajstić information content (AvgIpc) is 2.59. The zero-order valence-corrected chi connectivity index (χ0v) is 17.5. The number of hydrogen-bond acceptors (Lipinski definition) is 2. The Bertz CT molecular complexity index is 242. The van der Waals surface area contributed by atoms with E-state index in [4.69, 9.17) is 0 Å². The van der Waals surface area contributed by atoms with Crippen molar-refractivity contribution in [3.8, 4) is 0 Å². The molecule has 0 spiro atoms. The summed E-state index contributed by atoms with van der Waals surface area (Å²) >= 11 is 0. The summed E-state index contributed by atoms with van der Waals surface area (Å²) < 4.78 is 0. The molecule has 2 nitrogen and oxygen atoms in total. The van der Waals surface area contributed by atoms with Crippen molar-refractivity contribution in [1.82, 2.24) is 0 Å². The van der Waals surface area contributed by atoms with Gasteiger partial charge >= 0.3 is 0 Å². The first kappa shape index (κ1) is 24.9. The standard InChI is InChI=1S/C23H48O2/c1-3-5-7-8-9-10-11-12-13-14-15-16-18-20-23(25)21-22(24)19-17-6-4-2/h22-25H,3-21H2,1-2H3/t22-,23+/m0/s1. The number of aliphatic hydroxyl groups is 2. The molecule has 152 valence electrons. The van der Waals surface area contributed by atoms with Crippen LogP contribution in [-0.4, -0.2) is 22.4 Å². The first-order chi connectivity index (χ1) is 12.2. The molecule has 0 aliphatic heterocycles. The minimum Gasteiger partial charge on any atom is -0.393 e. The first-order valence-corrected chi connectivity index (χ1v) is 11.6. The summed E-state index contributed by atoms with van der Waals surface area (Å²) in [7, 11) is 0. The van der Waals surface area contributed by atoms with Crippen molar-refractivity contribution in [2.45, 2.75) is 148 Å². The molecule has 0 heterocycles. The van der Waals surface area contributed by atoms with Gasteiger partial charge in [-0.25, -0.2) is 0 Å². The average molecular weight is 357 g/mol. The van der Waals surface area contributed by atoms with E-state index in [1.165, 1.54) is 89.9 Å². The summed E-state index contributed by atoms with van der Waals surface area (Å²) in [6, 6.07) is 0. The highest BCUT2D eigenvalue weighted by atomic mass is 16.3. The van der Waals surface area contributed by atoms with E-state index in [-0.39, 0.29) is 12.2 Å². The second-order valence-corrected chi connectivity index (χ2v) is 8.07. The largest absolute Gasteiger partial charge is 0.393 e. The topological polar surface area (TPSA) is 40.5 Å². The summed E-state index contributed by atoms with van der Waals surface area (Å²) in [5, 5.41) is 19.9. The summed E-state index contributed by atoms with van der Waals surface area (Å²) in [6.07, 6.45) is 22.8. The fourth-order valence-corrected chi connectivity index (χ4v) is 3.58. The third kappa shape index (κ3) is 20.1. The second-order valence-electron chi connectivity index (χ2n) is 8.07. The Morgan fingerprint density at radius 2 is 0.720 bits per heavy atom. The molecule has 0 amide bonds. The molecule has 25 heavy (non-hydrogen) atoms. The number of rotatable bonds is 20. The number of unbranched alkanes of at least 4 members (excludes halogenated alkanes) is 14. The lowest BCUT2D eigenvalue weighted by Gasteiger charge is -2.15. The van der Waals surface area contributed by atoms with E-state index in [1.807, 2.05) is 0 Å². The molecule has 2 heteroatoms. The van der Waals surface area contributed by atoms with Gasteiger partial charge in [-0.05, 0) is 19.3 Å². The van der Waals surface area contributed by atoms with Crippen LogP contribution in [0.3, 0.4) is 0 Å². The van der Waals surface area contributed by atoms with E-state index in [9.17, 15) is 10.2 Å². The molecule has 0 rings (SSSR count). The normalized spacial score (nSPS) is 13.9. The maximum absolute atomic E-state index is 9.99.